The molecule has 1 aliphatic heterocycles. The Morgan fingerprint density at radius 3 is 1.74 bits per heavy atom. The molecular weight excluding hydrogens is 586 g/mol. The average Bonchev–Trinajstić information content (AvgIpc) is 3.84. The molecule has 0 spiro atoms. The van der Waals surface area contributed by atoms with Gasteiger partial charge in [0.25, 0.3) is 0 Å². The highest BCUT2D eigenvalue weighted by Crippen LogP contribution is 2.49. The third-order valence-corrected chi connectivity index (χ3v) is 11.1. The first kappa shape index (κ1) is 39.5. The lowest BCUT2D eigenvalue weighted by atomic mass is 9.87. The van der Waals surface area contributed by atoms with Crippen molar-refractivity contribution in [3.63, 3.8) is 0 Å². The summed E-state index contributed by atoms with van der Waals surface area (Å²) in [5.74, 6) is 0.247. The molecule has 5 atom stereocenters. The van der Waals surface area contributed by atoms with Gasteiger partial charge in [0, 0.05) is 12.3 Å². The minimum Gasteiger partial charge on any atom is -0.463 e. The van der Waals surface area contributed by atoms with Crippen molar-refractivity contribution in [1.29, 1.82) is 5.26 Å². The van der Waals surface area contributed by atoms with E-state index in [-0.39, 0.29) is 46.4 Å². The zero-order valence-corrected chi connectivity index (χ0v) is 30.3. The maximum atomic E-state index is 12.0. The van der Waals surface area contributed by atoms with Crippen molar-refractivity contribution >= 4 is 23.9 Å². The predicted molar refractivity (Wildman–Crippen MR) is 175 cm³/mol. The van der Waals surface area contributed by atoms with E-state index in [1.54, 1.807) is 13.8 Å². The van der Waals surface area contributed by atoms with Crippen molar-refractivity contribution in [2.75, 3.05) is 6.61 Å². The van der Waals surface area contributed by atoms with Gasteiger partial charge >= 0.3 is 23.9 Å². The summed E-state index contributed by atoms with van der Waals surface area (Å²) < 4.78 is 21.2. The van der Waals surface area contributed by atoms with Crippen LogP contribution in [0.2, 0.25) is 0 Å². The summed E-state index contributed by atoms with van der Waals surface area (Å²) >= 11 is 0. The SMILES string of the molecule is CCC(C)(C)C(=O)OC1CC2CC1CC2C#N.CCC(C)(C)C(=O)OC1CCOC1=O.CCC1(OC(=O)C(C)(C)CC)CCCC1. The number of cyclic esters (lactones) is 1. The second kappa shape index (κ2) is 16.5. The zero-order valence-electron chi connectivity index (χ0n) is 30.3. The third-order valence-electron chi connectivity index (χ3n) is 11.1. The number of carbonyl (C=O) groups excluding carboxylic acids is 4. The first-order chi connectivity index (χ1) is 21.4. The van der Waals surface area contributed by atoms with Gasteiger partial charge in [0.1, 0.15) is 11.7 Å². The van der Waals surface area contributed by atoms with Crippen LogP contribution in [-0.4, -0.2) is 48.3 Å². The number of nitriles is 1. The van der Waals surface area contributed by atoms with Crippen LogP contribution in [0.3, 0.4) is 0 Å². The van der Waals surface area contributed by atoms with E-state index in [4.69, 9.17) is 24.2 Å². The highest BCUT2D eigenvalue weighted by Gasteiger charge is 2.48. The Kier molecular flexibility index (Phi) is 14.2. The maximum Gasteiger partial charge on any atom is 0.347 e. The highest BCUT2D eigenvalue weighted by atomic mass is 16.6. The van der Waals surface area contributed by atoms with Crippen LogP contribution in [0, 0.1) is 45.3 Å². The van der Waals surface area contributed by atoms with E-state index < -0.39 is 17.5 Å². The fraction of sp³-hybridized carbons (Fsp3) is 0.865. The second-order valence-electron chi connectivity index (χ2n) is 15.6. The van der Waals surface area contributed by atoms with E-state index in [0.717, 1.165) is 51.4 Å². The number of nitrogens with zero attached hydrogens (tertiary/aromatic N) is 1. The van der Waals surface area contributed by atoms with Gasteiger partial charge < -0.3 is 18.9 Å². The van der Waals surface area contributed by atoms with Crippen molar-refractivity contribution in [2.24, 2.45) is 34.0 Å². The fourth-order valence-electron chi connectivity index (χ4n) is 6.01. The molecule has 4 fully saturated rings. The lowest BCUT2D eigenvalue weighted by molar-refractivity contribution is -0.170. The number of hydrogen-bond acceptors (Lipinski definition) is 9. The molecule has 3 aliphatic carbocycles. The van der Waals surface area contributed by atoms with Crippen LogP contribution in [-0.2, 0) is 38.1 Å². The van der Waals surface area contributed by atoms with Crippen LogP contribution in [0.1, 0.15) is 146 Å². The third kappa shape index (κ3) is 10.2. The molecule has 0 amide bonds. The number of ether oxygens (including phenoxy) is 4. The minimum absolute atomic E-state index is 0.0197. The number of hydrogen-bond donors (Lipinski definition) is 0. The summed E-state index contributed by atoms with van der Waals surface area (Å²) in [6.45, 7) is 19.8. The van der Waals surface area contributed by atoms with Crippen LogP contribution in [0.5, 0.6) is 0 Å². The molecule has 0 radical (unpaired) electrons. The molecule has 0 aromatic heterocycles. The molecule has 0 aromatic carbocycles. The van der Waals surface area contributed by atoms with E-state index in [2.05, 4.69) is 13.0 Å². The molecule has 0 aromatic rings. The normalized spacial score (nSPS) is 26.5. The standard InChI is InChI=1S/C14H21NO2.C13H24O2.C10H16O4/c1-4-14(2,3)13(16)17-12-7-9-5-10(12)6-11(9)8-15;1-5-12(3,4)11(14)15-13(6-2)9-7-8-10-13;1-4-10(2,3)9(12)14-7-5-6-13-8(7)11/h9-12H,4-7H2,1-3H3;5-10H2,1-4H3;7H,4-6H2,1-3H3. The van der Waals surface area contributed by atoms with Gasteiger partial charge in [-0.15, -0.1) is 0 Å². The predicted octanol–water partition coefficient (Wildman–Crippen LogP) is 7.87. The molecule has 2 bridgehead atoms. The van der Waals surface area contributed by atoms with E-state index in [1.165, 1.54) is 12.8 Å². The second-order valence-corrected chi connectivity index (χ2v) is 15.6. The first-order valence-electron chi connectivity index (χ1n) is 17.6. The Hall–Kier alpha value is -2.63. The van der Waals surface area contributed by atoms with Crippen LogP contribution in [0.25, 0.3) is 0 Å². The van der Waals surface area contributed by atoms with Gasteiger partial charge in [-0.2, -0.15) is 5.26 Å². The Morgan fingerprint density at radius 1 is 0.804 bits per heavy atom. The van der Waals surface area contributed by atoms with Gasteiger partial charge in [0.15, 0.2) is 0 Å². The molecule has 4 aliphatic rings. The zero-order chi connectivity index (χ0) is 34.9. The summed E-state index contributed by atoms with van der Waals surface area (Å²) in [5, 5.41) is 8.97. The number of fused-ring (bicyclic) bond motifs is 2. The molecule has 1 saturated heterocycles. The lowest BCUT2D eigenvalue weighted by Crippen LogP contribution is -2.37. The van der Waals surface area contributed by atoms with Crippen molar-refractivity contribution in [3.05, 3.63) is 0 Å². The highest BCUT2D eigenvalue weighted by molar-refractivity contribution is 5.82. The van der Waals surface area contributed by atoms with E-state index in [0.29, 0.717) is 31.3 Å². The molecule has 46 heavy (non-hydrogen) atoms. The minimum atomic E-state index is -0.687. The van der Waals surface area contributed by atoms with E-state index in [1.807, 2.05) is 48.5 Å². The Balaban J connectivity index is 0.000000242. The summed E-state index contributed by atoms with van der Waals surface area (Å²) in [7, 11) is 0. The van der Waals surface area contributed by atoms with Gasteiger partial charge in [-0.25, -0.2) is 4.79 Å². The lowest BCUT2D eigenvalue weighted by Gasteiger charge is -2.32. The monoisotopic (exact) mass is 647 g/mol. The summed E-state index contributed by atoms with van der Waals surface area (Å²) in [6, 6.07) is 2.37. The number of rotatable bonds is 10. The molecule has 5 unspecified atom stereocenters. The number of esters is 4. The molecule has 3 saturated carbocycles. The fourth-order valence-corrected chi connectivity index (χ4v) is 6.01. The van der Waals surface area contributed by atoms with Gasteiger partial charge in [-0.05, 0) is 124 Å². The molecule has 9 heteroatoms. The van der Waals surface area contributed by atoms with Crippen LogP contribution >= 0.6 is 0 Å². The largest absolute Gasteiger partial charge is 0.463 e. The maximum absolute atomic E-state index is 12.0. The van der Waals surface area contributed by atoms with Crippen molar-refractivity contribution in [1.82, 2.24) is 0 Å². The summed E-state index contributed by atoms with van der Waals surface area (Å²) in [6.07, 6.45) is 10.5. The van der Waals surface area contributed by atoms with Crippen LogP contribution < -0.4 is 0 Å². The van der Waals surface area contributed by atoms with Crippen LogP contribution in [0.15, 0.2) is 0 Å². The molecular formula is C37H61NO8. The topological polar surface area (TPSA) is 129 Å². The van der Waals surface area contributed by atoms with Crippen LogP contribution in [0.4, 0.5) is 0 Å². The van der Waals surface area contributed by atoms with Crippen molar-refractivity contribution in [2.45, 2.75) is 164 Å². The Bertz CT molecular complexity index is 1100. The summed E-state index contributed by atoms with van der Waals surface area (Å²) in [4.78, 5) is 46.6. The summed E-state index contributed by atoms with van der Waals surface area (Å²) in [5.41, 5.74) is -1.37. The van der Waals surface area contributed by atoms with Crippen molar-refractivity contribution < 1.29 is 38.1 Å². The first-order valence-corrected chi connectivity index (χ1v) is 17.6. The Morgan fingerprint density at radius 2 is 1.33 bits per heavy atom. The molecule has 0 N–H and O–H groups in total. The molecule has 4 rings (SSSR count). The van der Waals surface area contributed by atoms with Gasteiger partial charge in [-0.3, -0.25) is 14.4 Å². The van der Waals surface area contributed by atoms with Gasteiger partial charge in [0.2, 0.25) is 6.10 Å². The smallest absolute Gasteiger partial charge is 0.347 e. The molecule has 262 valence electrons. The van der Waals surface area contributed by atoms with E-state index in [9.17, 15) is 19.2 Å². The quantitative estimate of drug-likeness (QED) is 0.172. The molecule has 1 heterocycles. The van der Waals surface area contributed by atoms with Gasteiger partial charge in [0.05, 0.1) is 28.9 Å². The number of carbonyl (C=O) groups is 4. The Labute approximate surface area is 277 Å². The van der Waals surface area contributed by atoms with Crippen molar-refractivity contribution in [3.8, 4) is 6.07 Å². The average molecular weight is 648 g/mol. The van der Waals surface area contributed by atoms with E-state index >= 15 is 0 Å². The molecule has 9 nitrogen and oxygen atoms in total. The van der Waals surface area contributed by atoms with Gasteiger partial charge in [-0.1, -0.05) is 27.7 Å².